The molecule has 0 aliphatic rings. The zero-order valence-electron chi connectivity index (χ0n) is 9.03. The van der Waals surface area contributed by atoms with Crippen LogP contribution < -0.4 is 5.32 Å². The maximum atomic E-state index is 3.51. The first kappa shape index (κ1) is 12.0. The molecule has 0 aliphatic carbocycles. The first-order valence-electron chi connectivity index (χ1n) is 5.54. The Morgan fingerprint density at radius 1 is 1.00 bits per heavy atom. The lowest BCUT2D eigenvalue weighted by molar-refractivity contribution is 0.483. The summed E-state index contributed by atoms with van der Waals surface area (Å²) in [4.78, 5) is 0. The molecule has 0 unspecified atom stereocenters. The molecule has 0 bridgehead atoms. The largest absolute Gasteiger partial charge is 0.314 e. The second-order valence-corrected chi connectivity index (χ2v) is 3.70. The quantitative estimate of drug-likeness (QED) is 0.552. The second kappa shape index (κ2) is 9.05. The van der Waals surface area contributed by atoms with Gasteiger partial charge in [-0.25, -0.2) is 0 Å². The van der Waals surface area contributed by atoms with Crippen LogP contribution in [0.2, 0.25) is 0 Å². The predicted octanol–water partition coefficient (Wildman–Crippen LogP) is 3.34. The Bertz CT molecular complexity index is 81.1. The summed E-state index contributed by atoms with van der Waals surface area (Å²) in [6, 6.07) is 0.724. The Labute approximate surface area is 77.9 Å². The number of hydrogen-bond donors (Lipinski definition) is 1. The van der Waals surface area contributed by atoms with Crippen molar-refractivity contribution in [3.63, 3.8) is 0 Å². The van der Waals surface area contributed by atoms with Crippen molar-refractivity contribution < 1.29 is 0 Å². The van der Waals surface area contributed by atoms with E-state index in [9.17, 15) is 0 Å². The number of unbranched alkanes of at least 4 members (excludes halogenated alkanes) is 3. The minimum absolute atomic E-state index is 0.724. The maximum Gasteiger partial charge on any atom is 0.00387 e. The topological polar surface area (TPSA) is 12.0 Å². The van der Waals surface area contributed by atoms with Gasteiger partial charge < -0.3 is 5.32 Å². The van der Waals surface area contributed by atoms with Crippen molar-refractivity contribution in [2.75, 3.05) is 6.54 Å². The Balaban J connectivity index is 3.02. The summed E-state index contributed by atoms with van der Waals surface area (Å²) in [7, 11) is 0. The van der Waals surface area contributed by atoms with Gasteiger partial charge in [0, 0.05) is 6.04 Å². The third kappa shape index (κ3) is 8.06. The van der Waals surface area contributed by atoms with Crippen molar-refractivity contribution in [2.45, 2.75) is 65.3 Å². The minimum Gasteiger partial charge on any atom is -0.314 e. The summed E-state index contributed by atoms with van der Waals surface area (Å²) in [6.45, 7) is 7.95. The molecule has 1 N–H and O–H groups in total. The Kier molecular flexibility index (Phi) is 9.02. The fourth-order valence-corrected chi connectivity index (χ4v) is 1.37. The van der Waals surface area contributed by atoms with E-state index in [1.54, 1.807) is 0 Å². The Morgan fingerprint density at radius 3 is 2.33 bits per heavy atom. The van der Waals surface area contributed by atoms with Gasteiger partial charge in [-0.05, 0) is 26.3 Å². The van der Waals surface area contributed by atoms with Crippen LogP contribution in [0.3, 0.4) is 0 Å². The molecule has 0 aromatic carbocycles. The zero-order valence-corrected chi connectivity index (χ0v) is 9.03. The minimum atomic E-state index is 0.724. The molecule has 0 rings (SSSR count). The maximum absolute atomic E-state index is 3.51. The van der Waals surface area contributed by atoms with Gasteiger partial charge in [0.1, 0.15) is 0 Å². The van der Waals surface area contributed by atoms with Gasteiger partial charge >= 0.3 is 0 Å². The number of hydrogen-bond acceptors (Lipinski definition) is 1. The van der Waals surface area contributed by atoms with Crippen molar-refractivity contribution in [1.82, 2.24) is 5.32 Å². The van der Waals surface area contributed by atoms with E-state index in [0.29, 0.717) is 0 Å². The highest BCUT2D eigenvalue weighted by atomic mass is 14.9. The van der Waals surface area contributed by atoms with E-state index in [2.05, 4.69) is 26.1 Å². The monoisotopic (exact) mass is 171 g/mol. The SMILES string of the molecule is CCCCCC[C@@H](C)NCCC. The predicted molar refractivity (Wildman–Crippen MR) is 56.5 cm³/mol. The van der Waals surface area contributed by atoms with Crippen LogP contribution in [0, 0.1) is 0 Å². The highest BCUT2D eigenvalue weighted by molar-refractivity contribution is 4.59. The van der Waals surface area contributed by atoms with Gasteiger partial charge in [0.05, 0.1) is 0 Å². The summed E-state index contributed by atoms with van der Waals surface area (Å²) < 4.78 is 0. The zero-order chi connectivity index (χ0) is 9.23. The smallest absolute Gasteiger partial charge is 0.00387 e. The Hall–Kier alpha value is -0.0400. The van der Waals surface area contributed by atoms with E-state index in [1.165, 1.54) is 45.1 Å². The van der Waals surface area contributed by atoms with Gasteiger partial charge in [-0.3, -0.25) is 0 Å². The molecular formula is C11H25N. The highest BCUT2D eigenvalue weighted by Crippen LogP contribution is 2.04. The van der Waals surface area contributed by atoms with Gasteiger partial charge in [-0.1, -0.05) is 39.5 Å². The van der Waals surface area contributed by atoms with Gasteiger partial charge in [-0.2, -0.15) is 0 Å². The third-order valence-electron chi connectivity index (χ3n) is 2.23. The van der Waals surface area contributed by atoms with Crippen LogP contribution in [0.1, 0.15) is 59.3 Å². The molecule has 74 valence electrons. The fraction of sp³-hybridized carbons (Fsp3) is 1.00. The van der Waals surface area contributed by atoms with Gasteiger partial charge in [0.2, 0.25) is 0 Å². The van der Waals surface area contributed by atoms with Crippen molar-refractivity contribution in [3.8, 4) is 0 Å². The lowest BCUT2D eigenvalue weighted by atomic mass is 10.1. The molecule has 0 aliphatic heterocycles. The summed E-state index contributed by atoms with van der Waals surface area (Å²) in [5, 5.41) is 3.51. The summed E-state index contributed by atoms with van der Waals surface area (Å²) in [6.07, 6.45) is 8.15. The van der Waals surface area contributed by atoms with Crippen LogP contribution in [-0.2, 0) is 0 Å². The first-order valence-corrected chi connectivity index (χ1v) is 5.54. The van der Waals surface area contributed by atoms with E-state index in [-0.39, 0.29) is 0 Å². The van der Waals surface area contributed by atoms with E-state index in [4.69, 9.17) is 0 Å². The van der Waals surface area contributed by atoms with Crippen LogP contribution in [-0.4, -0.2) is 12.6 Å². The molecule has 0 fully saturated rings. The molecular weight excluding hydrogens is 146 g/mol. The lowest BCUT2D eigenvalue weighted by Gasteiger charge is -2.12. The first-order chi connectivity index (χ1) is 5.81. The van der Waals surface area contributed by atoms with Gasteiger partial charge in [-0.15, -0.1) is 0 Å². The molecule has 1 atom stereocenters. The highest BCUT2D eigenvalue weighted by Gasteiger charge is 1.98. The van der Waals surface area contributed by atoms with Crippen molar-refractivity contribution >= 4 is 0 Å². The lowest BCUT2D eigenvalue weighted by Crippen LogP contribution is -2.26. The average Bonchev–Trinajstić information content (AvgIpc) is 2.09. The van der Waals surface area contributed by atoms with Crippen LogP contribution in [0.15, 0.2) is 0 Å². The fourth-order valence-electron chi connectivity index (χ4n) is 1.37. The standard InChI is InChI=1S/C11H25N/c1-4-6-7-8-9-11(3)12-10-5-2/h11-12H,4-10H2,1-3H3/t11-/m1/s1. The summed E-state index contributed by atoms with van der Waals surface area (Å²) >= 11 is 0. The van der Waals surface area contributed by atoms with Gasteiger partial charge in [0.25, 0.3) is 0 Å². The van der Waals surface area contributed by atoms with Crippen molar-refractivity contribution in [3.05, 3.63) is 0 Å². The van der Waals surface area contributed by atoms with E-state index >= 15 is 0 Å². The summed E-state index contributed by atoms with van der Waals surface area (Å²) in [5.41, 5.74) is 0. The molecule has 0 spiro atoms. The molecule has 0 saturated carbocycles. The molecule has 1 heteroatoms. The van der Waals surface area contributed by atoms with E-state index < -0.39 is 0 Å². The third-order valence-corrected chi connectivity index (χ3v) is 2.23. The second-order valence-electron chi connectivity index (χ2n) is 3.70. The average molecular weight is 171 g/mol. The normalized spacial score (nSPS) is 13.2. The summed E-state index contributed by atoms with van der Waals surface area (Å²) in [5.74, 6) is 0. The molecule has 1 nitrogen and oxygen atoms in total. The Morgan fingerprint density at radius 2 is 1.75 bits per heavy atom. The molecule has 0 saturated heterocycles. The molecule has 0 radical (unpaired) electrons. The number of nitrogens with one attached hydrogen (secondary N) is 1. The van der Waals surface area contributed by atoms with Crippen LogP contribution in [0.5, 0.6) is 0 Å². The molecule has 0 amide bonds. The molecule has 0 aromatic rings. The molecule has 12 heavy (non-hydrogen) atoms. The van der Waals surface area contributed by atoms with Crippen LogP contribution >= 0.6 is 0 Å². The van der Waals surface area contributed by atoms with Crippen LogP contribution in [0.4, 0.5) is 0 Å². The van der Waals surface area contributed by atoms with E-state index in [0.717, 1.165) is 6.04 Å². The van der Waals surface area contributed by atoms with E-state index in [1.807, 2.05) is 0 Å². The van der Waals surface area contributed by atoms with Gasteiger partial charge in [0.15, 0.2) is 0 Å². The molecule has 0 heterocycles. The van der Waals surface area contributed by atoms with Crippen molar-refractivity contribution in [1.29, 1.82) is 0 Å². The molecule has 0 aromatic heterocycles. The van der Waals surface area contributed by atoms with Crippen molar-refractivity contribution in [2.24, 2.45) is 0 Å². The number of rotatable bonds is 8. The van der Waals surface area contributed by atoms with Crippen LogP contribution in [0.25, 0.3) is 0 Å².